The third-order valence-corrected chi connectivity index (χ3v) is 5.31. The van der Waals surface area contributed by atoms with E-state index in [1.165, 1.54) is 0 Å². The van der Waals surface area contributed by atoms with Crippen LogP contribution in [0.15, 0.2) is 30.6 Å². The second-order valence-corrected chi connectivity index (χ2v) is 7.92. The second-order valence-electron chi connectivity index (χ2n) is 7.92. The Morgan fingerprint density at radius 3 is 2.70 bits per heavy atom. The summed E-state index contributed by atoms with van der Waals surface area (Å²) in [5.74, 6) is 1.44. The highest BCUT2D eigenvalue weighted by atomic mass is 16.3. The smallest absolute Gasteiger partial charge is 0.224 e. The van der Waals surface area contributed by atoms with Gasteiger partial charge in [-0.15, -0.1) is 0 Å². The van der Waals surface area contributed by atoms with Crippen LogP contribution in [0.25, 0.3) is 11.3 Å². The van der Waals surface area contributed by atoms with Gasteiger partial charge in [0.05, 0.1) is 17.4 Å². The van der Waals surface area contributed by atoms with Gasteiger partial charge in [0.15, 0.2) is 0 Å². The van der Waals surface area contributed by atoms with Crippen molar-refractivity contribution in [2.45, 2.75) is 77.0 Å². The lowest BCUT2D eigenvalue weighted by atomic mass is 9.82. The minimum atomic E-state index is -0.187. The van der Waals surface area contributed by atoms with Gasteiger partial charge in [0.25, 0.3) is 0 Å². The zero-order valence-corrected chi connectivity index (χ0v) is 16.6. The normalized spacial score (nSPS) is 23.6. The number of pyridine rings is 1. The van der Waals surface area contributed by atoms with Crippen LogP contribution in [0.4, 0.5) is 11.8 Å². The standard InChI is InChI=1S/C21H31N5O/c1-4-7-15(2)24-20-23-14-17(18-8-5-6-13-22-18)19(25-20)26-21(3)11-9-16(27)10-12-21/h5-6,8,13-16,27H,4,7,9-12H2,1-3H3,(H2,23,24,25,26). The Balaban J connectivity index is 1.89. The topological polar surface area (TPSA) is 83.0 Å². The summed E-state index contributed by atoms with van der Waals surface area (Å²) in [4.78, 5) is 13.8. The number of hydrogen-bond acceptors (Lipinski definition) is 6. The van der Waals surface area contributed by atoms with Gasteiger partial charge in [-0.1, -0.05) is 19.4 Å². The van der Waals surface area contributed by atoms with Crippen molar-refractivity contribution in [1.29, 1.82) is 0 Å². The molecule has 0 amide bonds. The molecule has 1 atom stereocenters. The summed E-state index contributed by atoms with van der Waals surface area (Å²) in [7, 11) is 0. The van der Waals surface area contributed by atoms with Gasteiger partial charge in [0, 0.05) is 24.0 Å². The van der Waals surface area contributed by atoms with E-state index in [0.29, 0.717) is 12.0 Å². The highest BCUT2D eigenvalue weighted by molar-refractivity contribution is 5.73. The zero-order valence-electron chi connectivity index (χ0n) is 16.6. The molecule has 0 aromatic carbocycles. The number of anilines is 2. The third kappa shape index (κ3) is 5.16. The van der Waals surface area contributed by atoms with Gasteiger partial charge < -0.3 is 15.7 Å². The molecule has 1 fully saturated rings. The SMILES string of the molecule is CCCC(C)Nc1ncc(-c2ccccn2)c(NC2(C)CCC(O)CC2)n1. The third-order valence-electron chi connectivity index (χ3n) is 5.31. The van der Waals surface area contributed by atoms with E-state index < -0.39 is 0 Å². The molecule has 146 valence electrons. The number of nitrogens with zero attached hydrogens (tertiary/aromatic N) is 3. The summed E-state index contributed by atoms with van der Waals surface area (Å²) in [5.41, 5.74) is 1.66. The van der Waals surface area contributed by atoms with Crippen LogP contribution < -0.4 is 10.6 Å². The van der Waals surface area contributed by atoms with E-state index in [4.69, 9.17) is 4.98 Å². The second kappa shape index (κ2) is 8.65. The molecular weight excluding hydrogens is 338 g/mol. The fourth-order valence-electron chi connectivity index (χ4n) is 3.63. The van der Waals surface area contributed by atoms with Crippen molar-refractivity contribution in [2.24, 2.45) is 0 Å². The van der Waals surface area contributed by atoms with Gasteiger partial charge in [-0.25, -0.2) is 4.98 Å². The molecular formula is C21H31N5O. The van der Waals surface area contributed by atoms with Crippen molar-refractivity contribution < 1.29 is 5.11 Å². The molecule has 1 aliphatic rings. The van der Waals surface area contributed by atoms with Gasteiger partial charge in [0.1, 0.15) is 5.82 Å². The van der Waals surface area contributed by atoms with Crippen LogP contribution in [0, 0.1) is 0 Å². The summed E-state index contributed by atoms with van der Waals surface area (Å²) in [5, 5.41) is 16.9. The van der Waals surface area contributed by atoms with Crippen LogP contribution in [-0.4, -0.2) is 37.7 Å². The van der Waals surface area contributed by atoms with Crippen molar-refractivity contribution >= 4 is 11.8 Å². The van der Waals surface area contributed by atoms with Gasteiger partial charge in [-0.05, 0) is 58.1 Å². The zero-order chi connectivity index (χ0) is 19.3. The van der Waals surface area contributed by atoms with E-state index in [1.807, 2.05) is 24.4 Å². The molecule has 2 heterocycles. The summed E-state index contributed by atoms with van der Waals surface area (Å²) in [6.45, 7) is 6.53. The van der Waals surface area contributed by atoms with E-state index in [2.05, 4.69) is 41.4 Å². The molecule has 27 heavy (non-hydrogen) atoms. The molecule has 2 aromatic heterocycles. The minimum Gasteiger partial charge on any atom is -0.393 e. The van der Waals surface area contributed by atoms with E-state index >= 15 is 0 Å². The first-order valence-corrected chi connectivity index (χ1v) is 10.0. The van der Waals surface area contributed by atoms with Crippen LogP contribution in [0.1, 0.15) is 59.3 Å². The molecule has 0 radical (unpaired) electrons. The Bertz CT molecular complexity index is 729. The molecule has 6 nitrogen and oxygen atoms in total. The van der Waals surface area contributed by atoms with Crippen LogP contribution in [-0.2, 0) is 0 Å². The van der Waals surface area contributed by atoms with Crippen LogP contribution in [0.5, 0.6) is 0 Å². The number of nitrogens with one attached hydrogen (secondary N) is 2. The number of hydrogen-bond donors (Lipinski definition) is 3. The molecule has 0 spiro atoms. The highest BCUT2D eigenvalue weighted by Crippen LogP contribution is 2.34. The Morgan fingerprint density at radius 2 is 2.04 bits per heavy atom. The average molecular weight is 370 g/mol. The first kappa shape index (κ1) is 19.5. The van der Waals surface area contributed by atoms with E-state index in [1.54, 1.807) is 6.20 Å². The van der Waals surface area contributed by atoms with Crippen molar-refractivity contribution in [3.63, 3.8) is 0 Å². The molecule has 6 heteroatoms. The van der Waals surface area contributed by atoms with Gasteiger partial charge in [-0.3, -0.25) is 4.98 Å². The largest absolute Gasteiger partial charge is 0.393 e. The summed E-state index contributed by atoms with van der Waals surface area (Å²) >= 11 is 0. The fourth-order valence-corrected chi connectivity index (χ4v) is 3.63. The van der Waals surface area contributed by atoms with E-state index in [9.17, 15) is 5.11 Å². The summed E-state index contributed by atoms with van der Waals surface area (Å²) in [6, 6.07) is 6.18. The number of rotatable bonds is 7. The van der Waals surface area contributed by atoms with E-state index in [0.717, 1.165) is 55.6 Å². The predicted molar refractivity (Wildman–Crippen MR) is 110 cm³/mol. The maximum Gasteiger partial charge on any atom is 0.224 e. The number of aromatic nitrogens is 3. The van der Waals surface area contributed by atoms with Crippen molar-refractivity contribution in [3.05, 3.63) is 30.6 Å². The molecule has 0 aliphatic heterocycles. The molecule has 0 bridgehead atoms. The molecule has 3 N–H and O–H groups in total. The quantitative estimate of drug-likeness (QED) is 0.677. The maximum absolute atomic E-state index is 9.86. The summed E-state index contributed by atoms with van der Waals surface area (Å²) < 4.78 is 0. The molecule has 0 saturated heterocycles. The van der Waals surface area contributed by atoms with Crippen molar-refractivity contribution in [3.8, 4) is 11.3 Å². The molecule has 1 unspecified atom stereocenters. The Morgan fingerprint density at radius 1 is 1.26 bits per heavy atom. The molecule has 2 aromatic rings. The van der Waals surface area contributed by atoms with Crippen molar-refractivity contribution in [1.82, 2.24) is 15.0 Å². The number of aliphatic hydroxyl groups excluding tert-OH is 1. The molecule has 3 rings (SSSR count). The number of aliphatic hydroxyl groups is 1. The van der Waals surface area contributed by atoms with E-state index in [-0.39, 0.29) is 11.6 Å². The Kier molecular flexibility index (Phi) is 6.26. The highest BCUT2D eigenvalue weighted by Gasteiger charge is 2.31. The molecule has 1 aliphatic carbocycles. The van der Waals surface area contributed by atoms with Crippen LogP contribution >= 0.6 is 0 Å². The first-order chi connectivity index (χ1) is 13.0. The lowest BCUT2D eigenvalue weighted by Crippen LogP contribution is -2.40. The molecule has 1 saturated carbocycles. The lowest BCUT2D eigenvalue weighted by molar-refractivity contribution is 0.108. The predicted octanol–water partition coefficient (Wildman–Crippen LogP) is 4.24. The lowest BCUT2D eigenvalue weighted by Gasteiger charge is -2.37. The fraction of sp³-hybridized carbons (Fsp3) is 0.571. The van der Waals surface area contributed by atoms with Gasteiger partial charge >= 0.3 is 0 Å². The van der Waals surface area contributed by atoms with Crippen LogP contribution in [0.2, 0.25) is 0 Å². The monoisotopic (exact) mass is 369 g/mol. The Labute approximate surface area is 161 Å². The first-order valence-electron chi connectivity index (χ1n) is 10.0. The minimum absolute atomic E-state index is 0.0938. The Hall–Kier alpha value is -2.21. The maximum atomic E-state index is 9.86. The average Bonchev–Trinajstić information content (AvgIpc) is 2.65. The van der Waals surface area contributed by atoms with Gasteiger partial charge in [-0.2, -0.15) is 4.98 Å². The van der Waals surface area contributed by atoms with Gasteiger partial charge in [0.2, 0.25) is 5.95 Å². The summed E-state index contributed by atoms with van der Waals surface area (Å²) in [6.07, 6.45) is 9.08. The van der Waals surface area contributed by atoms with Crippen molar-refractivity contribution in [2.75, 3.05) is 10.6 Å². The van der Waals surface area contributed by atoms with Crippen LogP contribution in [0.3, 0.4) is 0 Å².